The largest absolute Gasteiger partial charge is 0.392 e. The normalized spacial score (nSPS) is 21.3. The van der Waals surface area contributed by atoms with Gasteiger partial charge < -0.3 is 10.0 Å². The van der Waals surface area contributed by atoms with Crippen LogP contribution in [0.4, 0.5) is 0 Å². The molecule has 1 aliphatic heterocycles. The van der Waals surface area contributed by atoms with Gasteiger partial charge in [-0.1, -0.05) is 12.1 Å². The van der Waals surface area contributed by atoms with Crippen LogP contribution in [0.1, 0.15) is 18.4 Å². The molecule has 0 aromatic heterocycles. The van der Waals surface area contributed by atoms with Gasteiger partial charge in [-0.3, -0.25) is 0 Å². The summed E-state index contributed by atoms with van der Waals surface area (Å²) >= 11 is 0. The molecule has 1 saturated heterocycles. The van der Waals surface area contributed by atoms with E-state index < -0.39 is 10.0 Å². The van der Waals surface area contributed by atoms with E-state index in [9.17, 15) is 8.42 Å². The second-order valence-corrected chi connectivity index (χ2v) is 7.37. The maximum atomic E-state index is 12.6. The molecule has 1 aromatic carbocycles. The Kier molecular flexibility index (Phi) is 4.80. The Labute approximate surface area is 120 Å². The lowest BCUT2D eigenvalue weighted by Gasteiger charge is -2.35. The Morgan fingerprint density at radius 1 is 1.40 bits per heavy atom. The number of rotatable bonds is 4. The molecule has 0 spiro atoms. The number of aliphatic hydroxyl groups excluding tert-OH is 1. The second kappa shape index (κ2) is 6.22. The molecule has 20 heavy (non-hydrogen) atoms. The van der Waals surface area contributed by atoms with Gasteiger partial charge in [0.25, 0.3) is 0 Å². The van der Waals surface area contributed by atoms with Crippen LogP contribution in [-0.2, 0) is 16.6 Å². The van der Waals surface area contributed by atoms with E-state index in [0.29, 0.717) is 18.7 Å². The number of nitrogens with zero attached hydrogens (tertiary/aromatic N) is 2. The van der Waals surface area contributed by atoms with E-state index in [0.717, 1.165) is 12.8 Å². The lowest BCUT2D eigenvalue weighted by molar-refractivity contribution is 0.190. The number of hydrogen-bond donors (Lipinski definition) is 1. The Morgan fingerprint density at radius 2 is 2.15 bits per heavy atom. The van der Waals surface area contributed by atoms with Crippen molar-refractivity contribution in [2.75, 3.05) is 27.2 Å². The Hall–Kier alpha value is -0.950. The van der Waals surface area contributed by atoms with Crippen LogP contribution in [0.5, 0.6) is 0 Å². The summed E-state index contributed by atoms with van der Waals surface area (Å²) in [6.07, 6.45) is 1.90. The summed E-state index contributed by atoms with van der Waals surface area (Å²) in [5, 5.41) is 9.14. The number of aliphatic hydroxyl groups is 1. The lowest BCUT2D eigenvalue weighted by atomic mass is 10.1. The molecule has 112 valence electrons. The number of sulfonamides is 1. The predicted octanol–water partition coefficient (Wildman–Crippen LogP) is 0.894. The van der Waals surface area contributed by atoms with Gasteiger partial charge in [0.05, 0.1) is 11.5 Å². The molecule has 2 rings (SSSR count). The van der Waals surface area contributed by atoms with Crippen molar-refractivity contribution in [3.63, 3.8) is 0 Å². The molecule has 1 aliphatic rings. The fourth-order valence-electron chi connectivity index (χ4n) is 2.51. The summed E-state index contributed by atoms with van der Waals surface area (Å²) in [5.41, 5.74) is 0.618. The van der Waals surface area contributed by atoms with Gasteiger partial charge in [0.15, 0.2) is 0 Å². The van der Waals surface area contributed by atoms with E-state index in [-0.39, 0.29) is 17.5 Å². The van der Waals surface area contributed by atoms with Gasteiger partial charge in [-0.15, -0.1) is 0 Å². The fourth-order valence-corrected chi connectivity index (χ4v) is 4.10. The van der Waals surface area contributed by atoms with Crippen LogP contribution in [0, 0.1) is 0 Å². The van der Waals surface area contributed by atoms with Gasteiger partial charge >= 0.3 is 0 Å². The highest BCUT2D eigenvalue weighted by molar-refractivity contribution is 7.89. The van der Waals surface area contributed by atoms with E-state index in [4.69, 9.17) is 5.11 Å². The smallest absolute Gasteiger partial charge is 0.243 e. The van der Waals surface area contributed by atoms with Crippen molar-refractivity contribution in [2.24, 2.45) is 0 Å². The third-order valence-corrected chi connectivity index (χ3v) is 5.67. The van der Waals surface area contributed by atoms with E-state index in [2.05, 4.69) is 4.90 Å². The summed E-state index contributed by atoms with van der Waals surface area (Å²) in [4.78, 5) is 2.34. The molecule has 0 aliphatic carbocycles. The van der Waals surface area contributed by atoms with Crippen molar-refractivity contribution < 1.29 is 13.5 Å². The third-order valence-electron chi connectivity index (χ3n) is 3.81. The summed E-state index contributed by atoms with van der Waals surface area (Å²) in [6, 6.07) is 6.80. The molecular weight excluding hydrogens is 276 g/mol. The maximum absolute atomic E-state index is 12.6. The van der Waals surface area contributed by atoms with Crippen LogP contribution in [0.15, 0.2) is 29.2 Å². The topological polar surface area (TPSA) is 60.9 Å². The standard InChI is InChI=1S/C14H22N2O3S/c1-15(2)13-6-4-8-16(10-13)20(18,19)14-7-3-5-12(9-14)11-17/h3,5,7,9,13,17H,4,6,8,10-11H2,1-2H3. The monoisotopic (exact) mass is 298 g/mol. The molecule has 0 bridgehead atoms. The van der Waals surface area contributed by atoms with Crippen molar-refractivity contribution in [2.45, 2.75) is 30.4 Å². The van der Waals surface area contributed by atoms with Gasteiger partial charge in [0.2, 0.25) is 10.0 Å². The molecule has 1 atom stereocenters. The van der Waals surface area contributed by atoms with Crippen LogP contribution in [0.3, 0.4) is 0 Å². The molecule has 1 aromatic rings. The van der Waals surface area contributed by atoms with Crippen molar-refractivity contribution in [1.82, 2.24) is 9.21 Å². The highest BCUT2D eigenvalue weighted by Gasteiger charge is 2.30. The molecule has 0 radical (unpaired) electrons. The Balaban J connectivity index is 2.25. The van der Waals surface area contributed by atoms with Gasteiger partial charge in [-0.05, 0) is 44.6 Å². The first kappa shape index (κ1) is 15.4. The summed E-state index contributed by atoms with van der Waals surface area (Å²) < 4.78 is 26.9. The minimum absolute atomic E-state index is 0.149. The van der Waals surface area contributed by atoms with Crippen LogP contribution in [0.25, 0.3) is 0 Å². The SMILES string of the molecule is CN(C)C1CCCN(S(=O)(=O)c2cccc(CO)c2)C1. The maximum Gasteiger partial charge on any atom is 0.243 e. The van der Waals surface area contributed by atoms with E-state index >= 15 is 0 Å². The molecular formula is C14H22N2O3S. The first-order chi connectivity index (χ1) is 9.45. The average molecular weight is 298 g/mol. The zero-order valence-corrected chi connectivity index (χ0v) is 12.8. The minimum atomic E-state index is -3.47. The zero-order chi connectivity index (χ0) is 14.8. The first-order valence-electron chi connectivity index (χ1n) is 6.81. The second-order valence-electron chi connectivity index (χ2n) is 5.43. The van der Waals surface area contributed by atoms with Crippen LogP contribution in [0.2, 0.25) is 0 Å². The van der Waals surface area contributed by atoms with Gasteiger partial charge in [-0.2, -0.15) is 4.31 Å². The first-order valence-corrected chi connectivity index (χ1v) is 8.25. The summed E-state index contributed by atoms with van der Waals surface area (Å²) in [5.74, 6) is 0. The van der Waals surface area contributed by atoms with Crippen molar-refractivity contribution in [1.29, 1.82) is 0 Å². The number of likely N-dealkylation sites (N-methyl/N-ethyl adjacent to an activating group) is 1. The van der Waals surface area contributed by atoms with E-state index in [1.807, 2.05) is 14.1 Å². The zero-order valence-electron chi connectivity index (χ0n) is 12.0. The fraction of sp³-hybridized carbons (Fsp3) is 0.571. The van der Waals surface area contributed by atoms with E-state index in [1.165, 1.54) is 0 Å². The predicted molar refractivity (Wildman–Crippen MR) is 77.8 cm³/mol. The van der Waals surface area contributed by atoms with Crippen molar-refractivity contribution in [3.05, 3.63) is 29.8 Å². The van der Waals surface area contributed by atoms with Gasteiger partial charge in [0, 0.05) is 19.1 Å². The average Bonchev–Trinajstić information content (AvgIpc) is 2.47. The van der Waals surface area contributed by atoms with Crippen LogP contribution < -0.4 is 0 Å². The third kappa shape index (κ3) is 3.20. The number of hydrogen-bond acceptors (Lipinski definition) is 4. The molecule has 1 heterocycles. The lowest BCUT2D eigenvalue weighted by Crippen LogP contribution is -2.47. The van der Waals surface area contributed by atoms with E-state index in [1.54, 1.807) is 28.6 Å². The van der Waals surface area contributed by atoms with Gasteiger partial charge in [-0.25, -0.2) is 8.42 Å². The molecule has 1 unspecified atom stereocenters. The van der Waals surface area contributed by atoms with Gasteiger partial charge in [0.1, 0.15) is 0 Å². The molecule has 0 saturated carbocycles. The van der Waals surface area contributed by atoms with Crippen molar-refractivity contribution >= 4 is 10.0 Å². The van der Waals surface area contributed by atoms with Crippen LogP contribution in [-0.4, -0.2) is 56.0 Å². The molecule has 5 nitrogen and oxygen atoms in total. The van der Waals surface area contributed by atoms with Crippen LogP contribution >= 0.6 is 0 Å². The highest BCUT2D eigenvalue weighted by atomic mass is 32.2. The summed E-state index contributed by atoms with van der Waals surface area (Å²) in [7, 11) is 0.493. The molecule has 1 N–H and O–H groups in total. The minimum Gasteiger partial charge on any atom is -0.392 e. The number of piperidine rings is 1. The number of benzene rings is 1. The molecule has 1 fully saturated rings. The summed E-state index contributed by atoms with van der Waals surface area (Å²) in [6.45, 7) is 0.943. The Morgan fingerprint density at radius 3 is 2.80 bits per heavy atom. The van der Waals surface area contributed by atoms with Crippen molar-refractivity contribution in [3.8, 4) is 0 Å². The molecule has 0 amide bonds. The molecule has 6 heteroatoms. The highest BCUT2D eigenvalue weighted by Crippen LogP contribution is 2.22. The quantitative estimate of drug-likeness (QED) is 0.897. The Bertz CT molecular complexity index is 557.